The number of likely N-dealkylation sites (N-methyl/N-ethyl adjacent to an activating group) is 1. The van der Waals surface area contributed by atoms with Crippen LogP contribution >= 0.6 is 0 Å². The van der Waals surface area contributed by atoms with E-state index in [-0.39, 0.29) is 25.8 Å². The Kier molecular flexibility index (Phi) is 4.49. The maximum absolute atomic E-state index is 12.1. The third kappa shape index (κ3) is 3.40. The maximum Gasteiger partial charge on any atom is 0.317 e. The number of carbonyl (C=O) groups is 2. The van der Waals surface area contributed by atoms with Crippen LogP contribution in [0.2, 0.25) is 0 Å². The summed E-state index contributed by atoms with van der Waals surface area (Å²) < 4.78 is 5.10. The normalized spacial score (nSPS) is 28.3. The standard InChI is InChI=1S/C13H22N2O5/c1-15(8-13(19)4-2-3-5-13)12(18)14-10-7-20-6-9(10)11(16)17/h9-10,19H,2-8H2,1H3,(H,14,18)(H,16,17). The number of carbonyl (C=O) groups excluding carboxylic acids is 1. The summed E-state index contributed by atoms with van der Waals surface area (Å²) in [6, 6.07) is -0.882. The SMILES string of the molecule is CN(CC1(O)CCCC1)C(=O)NC1COCC1C(=O)O. The van der Waals surface area contributed by atoms with E-state index in [2.05, 4.69) is 5.32 Å². The van der Waals surface area contributed by atoms with Gasteiger partial charge >= 0.3 is 12.0 Å². The van der Waals surface area contributed by atoms with Crippen molar-refractivity contribution >= 4 is 12.0 Å². The highest BCUT2D eigenvalue weighted by Gasteiger charge is 2.37. The number of carboxylic acids is 1. The van der Waals surface area contributed by atoms with E-state index in [0.29, 0.717) is 12.8 Å². The minimum absolute atomic E-state index is 0.119. The summed E-state index contributed by atoms with van der Waals surface area (Å²) in [5.41, 5.74) is -0.801. The van der Waals surface area contributed by atoms with E-state index < -0.39 is 23.5 Å². The molecule has 1 aliphatic heterocycles. The lowest BCUT2D eigenvalue weighted by Gasteiger charge is -2.29. The van der Waals surface area contributed by atoms with Crippen molar-refractivity contribution in [3.63, 3.8) is 0 Å². The summed E-state index contributed by atoms with van der Waals surface area (Å²) >= 11 is 0. The fraction of sp³-hybridized carbons (Fsp3) is 0.846. The highest BCUT2D eigenvalue weighted by molar-refractivity contribution is 5.77. The molecule has 2 amide bonds. The molecule has 3 N–H and O–H groups in total. The average Bonchev–Trinajstić information content (AvgIpc) is 2.98. The Morgan fingerprint density at radius 2 is 2.00 bits per heavy atom. The van der Waals surface area contributed by atoms with Crippen molar-refractivity contribution < 1.29 is 24.5 Å². The summed E-state index contributed by atoms with van der Waals surface area (Å²) in [7, 11) is 1.61. The second-order valence-corrected chi connectivity index (χ2v) is 5.83. The molecule has 2 unspecified atom stereocenters. The first-order valence-corrected chi connectivity index (χ1v) is 6.96. The molecule has 7 nitrogen and oxygen atoms in total. The molecular weight excluding hydrogens is 264 g/mol. The van der Waals surface area contributed by atoms with Gasteiger partial charge in [-0.2, -0.15) is 0 Å². The summed E-state index contributed by atoms with van der Waals surface area (Å²) in [5, 5.41) is 22.0. The summed E-state index contributed by atoms with van der Waals surface area (Å²) in [6.45, 7) is 0.596. The van der Waals surface area contributed by atoms with E-state index in [1.54, 1.807) is 7.05 Å². The number of aliphatic hydroxyl groups is 1. The fourth-order valence-corrected chi connectivity index (χ4v) is 2.91. The molecule has 7 heteroatoms. The zero-order valence-electron chi connectivity index (χ0n) is 11.7. The van der Waals surface area contributed by atoms with Gasteiger partial charge in [-0.1, -0.05) is 12.8 Å². The van der Waals surface area contributed by atoms with Crippen LogP contribution in [0, 0.1) is 5.92 Å². The fourth-order valence-electron chi connectivity index (χ4n) is 2.91. The molecule has 20 heavy (non-hydrogen) atoms. The highest BCUT2D eigenvalue weighted by Crippen LogP contribution is 2.29. The van der Waals surface area contributed by atoms with Gasteiger partial charge in [0.1, 0.15) is 5.92 Å². The predicted molar refractivity (Wildman–Crippen MR) is 70.3 cm³/mol. The van der Waals surface area contributed by atoms with Gasteiger partial charge in [0.15, 0.2) is 0 Å². The van der Waals surface area contributed by atoms with Crippen LogP contribution in [0.3, 0.4) is 0 Å². The van der Waals surface area contributed by atoms with E-state index in [1.165, 1.54) is 4.90 Å². The maximum atomic E-state index is 12.1. The summed E-state index contributed by atoms with van der Waals surface area (Å²) in [5.74, 6) is -1.67. The van der Waals surface area contributed by atoms with Crippen molar-refractivity contribution in [2.45, 2.75) is 37.3 Å². The lowest BCUT2D eigenvalue weighted by molar-refractivity contribution is -0.142. The van der Waals surface area contributed by atoms with Gasteiger partial charge in [0.25, 0.3) is 0 Å². The number of amides is 2. The Balaban J connectivity index is 1.86. The number of hydrogen-bond acceptors (Lipinski definition) is 4. The van der Waals surface area contributed by atoms with Crippen LogP contribution < -0.4 is 5.32 Å². The number of aliphatic carboxylic acids is 1. The number of ether oxygens (including phenoxy) is 1. The van der Waals surface area contributed by atoms with E-state index in [0.717, 1.165) is 12.8 Å². The van der Waals surface area contributed by atoms with Crippen molar-refractivity contribution in [2.24, 2.45) is 5.92 Å². The van der Waals surface area contributed by atoms with Gasteiger partial charge in [-0.3, -0.25) is 4.79 Å². The number of rotatable bonds is 4. The molecule has 1 heterocycles. The number of urea groups is 1. The van der Waals surface area contributed by atoms with Gasteiger partial charge in [-0.05, 0) is 12.8 Å². The molecule has 0 bridgehead atoms. The number of hydrogen-bond donors (Lipinski definition) is 3. The summed E-state index contributed by atoms with van der Waals surface area (Å²) in [4.78, 5) is 24.5. The molecule has 114 valence electrons. The van der Waals surface area contributed by atoms with Crippen molar-refractivity contribution in [3.05, 3.63) is 0 Å². The monoisotopic (exact) mass is 286 g/mol. The number of carboxylic acid groups (broad SMARTS) is 1. The quantitative estimate of drug-likeness (QED) is 0.677. The minimum atomic E-state index is -0.968. The smallest absolute Gasteiger partial charge is 0.317 e. The van der Waals surface area contributed by atoms with Crippen LogP contribution in [0.5, 0.6) is 0 Å². The summed E-state index contributed by atoms with van der Waals surface area (Å²) in [6.07, 6.45) is 3.36. The van der Waals surface area contributed by atoms with Crippen LogP contribution in [-0.4, -0.2) is 65.6 Å². The van der Waals surface area contributed by atoms with E-state index in [1.807, 2.05) is 0 Å². The second-order valence-electron chi connectivity index (χ2n) is 5.83. The molecule has 0 radical (unpaired) electrons. The van der Waals surface area contributed by atoms with Gasteiger partial charge in [0.2, 0.25) is 0 Å². The molecule has 0 spiro atoms. The third-order valence-corrected chi connectivity index (χ3v) is 4.12. The van der Waals surface area contributed by atoms with Crippen LogP contribution in [0.1, 0.15) is 25.7 Å². The molecule has 2 rings (SSSR count). The average molecular weight is 286 g/mol. The largest absolute Gasteiger partial charge is 0.481 e. The van der Waals surface area contributed by atoms with Crippen LogP contribution in [0.15, 0.2) is 0 Å². The van der Waals surface area contributed by atoms with Crippen molar-refractivity contribution in [1.82, 2.24) is 10.2 Å². The van der Waals surface area contributed by atoms with Gasteiger partial charge in [-0.25, -0.2) is 4.79 Å². The Morgan fingerprint density at radius 3 is 2.60 bits per heavy atom. The minimum Gasteiger partial charge on any atom is -0.481 e. The van der Waals surface area contributed by atoms with Crippen molar-refractivity contribution in [2.75, 3.05) is 26.8 Å². The van der Waals surface area contributed by atoms with Crippen LogP contribution in [0.25, 0.3) is 0 Å². The Labute approximate surface area is 117 Å². The van der Waals surface area contributed by atoms with Gasteiger partial charge in [-0.15, -0.1) is 0 Å². The molecule has 1 saturated carbocycles. The molecular formula is C13H22N2O5. The van der Waals surface area contributed by atoms with E-state index >= 15 is 0 Å². The van der Waals surface area contributed by atoms with Crippen molar-refractivity contribution in [3.8, 4) is 0 Å². The Hall–Kier alpha value is -1.34. The molecule has 0 aromatic carbocycles. The first-order valence-electron chi connectivity index (χ1n) is 6.96. The zero-order chi connectivity index (χ0) is 14.8. The van der Waals surface area contributed by atoms with Crippen LogP contribution in [0.4, 0.5) is 4.79 Å². The molecule has 1 aliphatic carbocycles. The highest BCUT2D eigenvalue weighted by atomic mass is 16.5. The Bertz CT molecular complexity index is 381. The van der Waals surface area contributed by atoms with Gasteiger partial charge < -0.3 is 25.2 Å². The molecule has 2 atom stereocenters. The Morgan fingerprint density at radius 1 is 1.35 bits per heavy atom. The topological polar surface area (TPSA) is 99.1 Å². The first kappa shape index (κ1) is 15.1. The third-order valence-electron chi connectivity index (χ3n) is 4.12. The predicted octanol–water partition coefficient (Wildman–Crippen LogP) is 0.0325. The number of nitrogens with zero attached hydrogens (tertiary/aromatic N) is 1. The van der Waals surface area contributed by atoms with Crippen molar-refractivity contribution in [1.29, 1.82) is 0 Å². The van der Waals surface area contributed by atoms with Crippen LogP contribution in [-0.2, 0) is 9.53 Å². The molecule has 0 aromatic heterocycles. The van der Waals surface area contributed by atoms with E-state index in [4.69, 9.17) is 9.84 Å². The van der Waals surface area contributed by atoms with Gasteiger partial charge in [0.05, 0.1) is 31.4 Å². The zero-order valence-corrected chi connectivity index (χ0v) is 11.7. The molecule has 2 fully saturated rings. The lowest BCUT2D eigenvalue weighted by atomic mass is 10.0. The first-order chi connectivity index (χ1) is 9.41. The molecule has 0 aromatic rings. The second kappa shape index (κ2) is 5.97. The molecule has 1 saturated heterocycles. The van der Waals surface area contributed by atoms with E-state index in [9.17, 15) is 14.7 Å². The number of nitrogens with one attached hydrogen (secondary N) is 1. The lowest BCUT2D eigenvalue weighted by Crippen LogP contribution is -2.51. The van der Waals surface area contributed by atoms with Gasteiger partial charge in [0, 0.05) is 7.05 Å². The molecule has 2 aliphatic rings.